The molecule has 0 radical (unpaired) electrons. The van der Waals surface area contributed by atoms with Crippen molar-refractivity contribution in [3.63, 3.8) is 0 Å². The van der Waals surface area contributed by atoms with Crippen molar-refractivity contribution in [3.05, 3.63) is 30.1 Å². The molecule has 0 bridgehead atoms. The molecular formula is C19H30FN3O+2. The van der Waals surface area contributed by atoms with Crippen LogP contribution in [0, 0.1) is 5.82 Å². The highest BCUT2D eigenvalue weighted by Crippen LogP contribution is 2.12. The molecule has 2 saturated heterocycles. The maximum absolute atomic E-state index is 13.7. The van der Waals surface area contributed by atoms with E-state index in [2.05, 4.69) is 5.32 Å². The topological polar surface area (TPSA) is 38.0 Å². The van der Waals surface area contributed by atoms with E-state index in [4.69, 9.17) is 0 Å². The summed E-state index contributed by atoms with van der Waals surface area (Å²) in [5, 5.41) is 2.74. The summed E-state index contributed by atoms with van der Waals surface area (Å²) in [6, 6.07) is 7.00. The van der Waals surface area contributed by atoms with E-state index in [1.807, 2.05) is 6.92 Å². The lowest BCUT2D eigenvalue weighted by Crippen LogP contribution is -3.22. The molecule has 2 aliphatic rings. The Kier molecular flexibility index (Phi) is 5.85. The normalized spacial score (nSPS) is 26.8. The lowest BCUT2D eigenvalue weighted by molar-refractivity contribution is -0.965. The van der Waals surface area contributed by atoms with E-state index in [9.17, 15) is 9.18 Å². The van der Waals surface area contributed by atoms with Crippen molar-refractivity contribution in [3.8, 4) is 0 Å². The second-order valence-corrected chi connectivity index (χ2v) is 7.34. The Morgan fingerprint density at radius 2 is 1.79 bits per heavy atom. The third-order valence-electron chi connectivity index (χ3n) is 5.84. The summed E-state index contributed by atoms with van der Waals surface area (Å²) in [5.41, 5.74) is 0.279. The molecule has 1 amide bonds. The summed E-state index contributed by atoms with van der Waals surface area (Å²) in [6.07, 6.45) is 6.51. The van der Waals surface area contributed by atoms with Gasteiger partial charge in [0.25, 0.3) is 5.91 Å². The molecule has 2 fully saturated rings. The molecule has 0 aromatic heterocycles. The Balaban J connectivity index is 1.50. The molecular weight excluding hydrogens is 305 g/mol. The van der Waals surface area contributed by atoms with Crippen LogP contribution in [0.4, 0.5) is 10.1 Å². The van der Waals surface area contributed by atoms with Crippen molar-refractivity contribution >= 4 is 11.6 Å². The average Bonchev–Trinajstić information content (AvgIpc) is 2.64. The quantitative estimate of drug-likeness (QED) is 0.726. The third-order valence-corrected chi connectivity index (χ3v) is 5.84. The molecule has 24 heavy (non-hydrogen) atoms. The summed E-state index contributed by atoms with van der Waals surface area (Å²) >= 11 is 0. The smallest absolute Gasteiger partial charge is 0.282 e. The predicted octanol–water partition coefficient (Wildman–Crippen LogP) is 0.269. The minimum Gasteiger partial charge on any atom is -0.332 e. The van der Waals surface area contributed by atoms with Crippen LogP contribution in [-0.4, -0.2) is 44.2 Å². The fraction of sp³-hybridized carbons (Fsp3) is 0.632. The van der Waals surface area contributed by atoms with Crippen LogP contribution in [0.1, 0.15) is 39.0 Å². The number of hydrogen-bond acceptors (Lipinski definition) is 1. The van der Waals surface area contributed by atoms with Gasteiger partial charge in [0, 0.05) is 12.8 Å². The number of anilines is 1. The van der Waals surface area contributed by atoms with Gasteiger partial charge in [-0.3, -0.25) is 4.79 Å². The Morgan fingerprint density at radius 3 is 2.46 bits per heavy atom. The van der Waals surface area contributed by atoms with Gasteiger partial charge in [-0.1, -0.05) is 12.1 Å². The van der Waals surface area contributed by atoms with Gasteiger partial charge in [-0.15, -0.1) is 0 Å². The highest BCUT2D eigenvalue weighted by atomic mass is 19.1. The fourth-order valence-electron chi connectivity index (χ4n) is 4.23. The summed E-state index contributed by atoms with van der Waals surface area (Å²) in [7, 11) is 0. The number of para-hydroxylation sites is 1. The minimum atomic E-state index is -0.375. The molecule has 1 aromatic rings. The molecule has 4 nitrogen and oxygen atoms in total. The summed E-state index contributed by atoms with van der Waals surface area (Å²) < 4.78 is 13.7. The number of nitrogens with one attached hydrogen (secondary N) is 3. The molecule has 0 saturated carbocycles. The number of halogens is 1. The van der Waals surface area contributed by atoms with Crippen LogP contribution in [0.15, 0.2) is 24.3 Å². The average molecular weight is 335 g/mol. The van der Waals surface area contributed by atoms with Gasteiger partial charge in [-0.25, -0.2) is 4.39 Å². The van der Waals surface area contributed by atoms with E-state index in [0.717, 1.165) is 19.1 Å². The maximum Gasteiger partial charge on any atom is 0.282 e. The molecule has 0 unspecified atom stereocenters. The van der Waals surface area contributed by atoms with Gasteiger partial charge in [0.05, 0.1) is 37.9 Å². The number of hydrogen-bond donors (Lipinski definition) is 3. The first-order chi connectivity index (χ1) is 11.6. The second-order valence-electron chi connectivity index (χ2n) is 7.34. The van der Waals surface area contributed by atoms with Crippen molar-refractivity contribution in [2.75, 3.05) is 31.5 Å². The van der Waals surface area contributed by atoms with Crippen molar-refractivity contribution < 1.29 is 19.0 Å². The van der Waals surface area contributed by atoms with Crippen LogP contribution in [0.3, 0.4) is 0 Å². The predicted molar refractivity (Wildman–Crippen MR) is 92.8 cm³/mol. The van der Waals surface area contributed by atoms with Crippen LogP contribution in [0.5, 0.6) is 0 Å². The molecule has 132 valence electrons. The van der Waals surface area contributed by atoms with E-state index < -0.39 is 0 Å². The summed E-state index contributed by atoms with van der Waals surface area (Å²) in [5.74, 6) is -0.459. The number of amides is 1. The van der Waals surface area contributed by atoms with E-state index >= 15 is 0 Å². The number of rotatable bonds is 4. The monoisotopic (exact) mass is 335 g/mol. The zero-order chi connectivity index (χ0) is 16.9. The number of quaternary nitrogens is 2. The fourth-order valence-corrected chi connectivity index (χ4v) is 4.23. The van der Waals surface area contributed by atoms with E-state index in [0.29, 0.717) is 0 Å². The van der Waals surface area contributed by atoms with Gasteiger partial charge in [-0.05, 0) is 38.3 Å². The van der Waals surface area contributed by atoms with Crippen LogP contribution >= 0.6 is 0 Å². The number of piperidine rings is 2. The minimum absolute atomic E-state index is 0.0844. The van der Waals surface area contributed by atoms with Crippen LogP contribution in [0.25, 0.3) is 0 Å². The molecule has 2 aliphatic heterocycles. The van der Waals surface area contributed by atoms with Crippen LogP contribution in [-0.2, 0) is 4.79 Å². The Bertz CT molecular complexity index is 551. The molecule has 0 spiro atoms. The molecule has 3 rings (SSSR count). The first-order valence-corrected chi connectivity index (χ1v) is 9.39. The van der Waals surface area contributed by atoms with Gasteiger partial charge in [-0.2, -0.15) is 0 Å². The maximum atomic E-state index is 13.7. The molecule has 0 aliphatic carbocycles. The van der Waals surface area contributed by atoms with Gasteiger partial charge >= 0.3 is 0 Å². The lowest BCUT2D eigenvalue weighted by atomic mass is 9.99. The number of carbonyl (C=O) groups is 1. The Labute approximate surface area is 144 Å². The van der Waals surface area contributed by atoms with E-state index in [1.54, 1.807) is 23.1 Å². The zero-order valence-electron chi connectivity index (χ0n) is 14.6. The summed E-state index contributed by atoms with van der Waals surface area (Å²) in [6.45, 7) is 6.69. The van der Waals surface area contributed by atoms with Crippen molar-refractivity contribution in [1.82, 2.24) is 0 Å². The standard InChI is InChI=1S/C19H28FN3O/c1-15(19(24)21-18-8-4-3-7-17(18)20)22-13-9-16(10-14-22)23-11-5-2-6-12-23/h3-4,7-8,15-16H,2,5-6,9-14H2,1H3,(H,21,24)/p+2/t15-/m1/s1. The first kappa shape index (κ1) is 17.4. The lowest BCUT2D eigenvalue weighted by Gasteiger charge is -2.37. The van der Waals surface area contributed by atoms with E-state index in [-0.39, 0.29) is 23.5 Å². The Hall–Kier alpha value is -1.46. The van der Waals surface area contributed by atoms with Crippen LogP contribution in [0.2, 0.25) is 0 Å². The molecule has 2 heterocycles. The SMILES string of the molecule is C[C@H](C(=O)Nc1ccccc1F)[NH+]1CCC([NH+]2CCCCC2)CC1. The van der Waals surface area contributed by atoms with E-state index in [1.165, 1.54) is 56.2 Å². The third kappa shape index (κ3) is 4.14. The second kappa shape index (κ2) is 8.08. The summed E-state index contributed by atoms with van der Waals surface area (Å²) in [4.78, 5) is 15.6. The number of likely N-dealkylation sites (tertiary alicyclic amines) is 2. The number of benzene rings is 1. The molecule has 1 atom stereocenters. The van der Waals surface area contributed by atoms with Gasteiger partial charge in [0.1, 0.15) is 5.82 Å². The molecule has 1 aromatic carbocycles. The Morgan fingerprint density at radius 1 is 1.12 bits per heavy atom. The first-order valence-electron chi connectivity index (χ1n) is 9.39. The zero-order valence-corrected chi connectivity index (χ0v) is 14.6. The van der Waals surface area contributed by atoms with Gasteiger partial charge in [0.2, 0.25) is 0 Å². The van der Waals surface area contributed by atoms with Gasteiger partial charge in [0.15, 0.2) is 6.04 Å². The highest BCUT2D eigenvalue weighted by Gasteiger charge is 2.34. The molecule has 5 heteroatoms. The molecule has 3 N–H and O–H groups in total. The van der Waals surface area contributed by atoms with Crippen LogP contribution < -0.4 is 15.1 Å². The van der Waals surface area contributed by atoms with Crippen molar-refractivity contribution in [2.24, 2.45) is 0 Å². The largest absolute Gasteiger partial charge is 0.332 e. The highest BCUT2D eigenvalue weighted by molar-refractivity contribution is 5.93. The number of carbonyl (C=O) groups excluding carboxylic acids is 1. The van der Waals surface area contributed by atoms with Crippen molar-refractivity contribution in [1.29, 1.82) is 0 Å². The van der Waals surface area contributed by atoms with Crippen molar-refractivity contribution in [2.45, 2.75) is 51.1 Å². The van der Waals surface area contributed by atoms with Gasteiger partial charge < -0.3 is 15.1 Å².